The van der Waals surface area contributed by atoms with E-state index < -0.39 is 11.3 Å². The number of nitrogens with zero attached hydrogens (tertiary/aromatic N) is 4. The van der Waals surface area contributed by atoms with Gasteiger partial charge < -0.3 is 8.83 Å². The molecule has 4 heterocycles. The molecule has 0 unspecified atom stereocenters. The van der Waals surface area contributed by atoms with Gasteiger partial charge in [0.2, 0.25) is 5.13 Å². The molecular formula is C31H18BrN5O4S. The van der Waals surface area contributed by atoms with Crippen LogP contribution in [-0.4, -0.2) is 21.0 Å². The lowest BCUT2D eigenvalue weighted by Crippen LogP contribution is -2.05. The predicted molar refractivity (Wildman–Crippen MR) is 168 cm³/mol. The molecule has 0 saturated heterocycles. The number of rotatable bonds is 6. The topological polar surface area (TPSA) is 116 Å². The van der Waals surface area contributed by atoms with Gasteiger partial charge in [-0.1, -0.05) is 58.4 Å². The zero-order valence-corrected chi connectivity index (χ0v) is 23.9. The van der Waals surface area contributed by atoms with E-state index in [1.165, 1.54) is 11.3 Å². The van der Waals surface area contributed by atoms with E-state index in [9.17, 15) is 9.59 Å². The Morgan fingerprint density at radius 1 is 0.857 bits per heavy atom. The summed E-state index contributed by atoms with van der Waals surface area (Å²) in [5.74, 6) is 0. The standard InChI is InChI=1S/C31H18BrN5O4S/c32-21-11-10-19-12-23(29(38)41-27(19)14-21)25-17-42-31(34-25)35-33-15-20-16-37(22-7-2-1-3-8-22)36-28(20)24-13-18-6-4-5-9-26(18)40-30(24)39/h1-17H,(H,34,35)/b33-15+. The highest BCUT2D eigenvalue weighted by atomic mass is 79.9. The Morgan fingerprint density at radius 2 is 1.60 bits per heavy atom. The zero-order valence-electron chi connectivity index (χ0n) is 21.5. The summed E-state index contributed by atoms with van der Waals surface area (Å²) in [6.07, 6.45) is 3.36. The van der Waals surface area contributed by atoms with Crippen molar-refractivity contribution in [1.82, 2.24) is 14.8 Å². The van der Waals surface area contributed by atoms with Crippen LogP contribution in [0, 0.1) is 0 Å². The number of benzene rings is 3. The Morgan fingerprint density at radius 3 is 2.48 bits per heavy atom. The number of hydrazone groups is 1. The van der Waals surface area contributed by atoms with Crippen molar-refractivity contribution < 1.29 is 8.83 Å². The van der Waals surface area contributed by atoms with Crippen LogP contribution in [0.4, 0.5) is 5.13 Å². The van der Waals surface area contributed by atoms with Crippen molar-refractivity contribution in [2.24, 2.45) is 5.10 Å². The maximum Gasteiger partial charge on any atom is 0.345 e. The van der Waals surface area contributed by atoms with Gasteiger partial charge in [-0.3, -0.25) is 5.43 Å². The van der Waals surface area contributed by atoms with Crippen molar-refractivity contribution >= 4 is 60.6 Å². The lowest BCUT2D eigenvalue weighted by atomic mass is 10.1. The molecule has 9 nitrogen and oxygen atoms in total. The molecule has 0 fully saturated rings. The van der Waals surface area contributed by atoms with E-state index in [-0.39, 0.29) is 0 Å². The molecule has 11 heteroatoms. The number of halogens is 1. The average molecular weight is 636 g/mol. The van der Waals surface area contributed by atoms with E-state index in [2.05, 4.69) is 31.4 Å². The summed E-state index contributed by atoms with van der Waals surface area (Å²) in [7, 11) is 0. The molecule has 0 amide bonds. The molecule has 0 saturated carbocycles. The second-order valence-corrected chi connectivity index (χ2v) is 11.0. The Kier molecular flexibility index (Phi) is 6.57. The normalized spacial score (nSPS) is 11.5. The molecule has 1 N–H and O–H groups in total. The minimum absolute atomic E-state index is 0.316. The van der Waals surface area contributed by atoms with Gasteiger partial charge in [0.1, 0.15) is 16.9 Å². The van der Waals surface area contributed by atoms with Gasteiger partial charge in [-0.15, -0.1) is 11.3 Å². The lowest BCUT2D eigenvalue weighted by molar-refractivity contribution is 0.562. The van der Waals surface area contributed by atoms with Crippen molar-refractivity contribution in [3.63, 3.8) is 0 Å². The summed E-state index contributed by atoms with van der Waals surface area (Å²) < 4.78 is 13.6. The van der Waals surface area contributed by atoms with E-state index in [0.717, 1.165) is 20.9 Å². The van der Waals surface area contributed by atoms with Gasteiger partial charge in [-0.2, -0.15) is 10.2 Å². The molecular weight excluding hydrogens is 618 g/mol. The predicted octanol–water partition coefficient (Wildman–Crippen LogP) is 7.08. The van der Waals surface area contributed by atoms with Gasteiger partial charge in [0.25, 0.3) is 0 Å². The van der Waals surface area contributed by atoms with Gasteiger partial charge in [0.15, 0.2) is 0 Å². The molecule has 42 heavy (non-hydrogen) atoms. The van der Waals surface area contributed by atoms with Crippen molar-refractivity contribution in [3.05, 3.63) is 127 Å². The maximum absolute atomic E-state index is 13.0. The molecule has 0 aliphatic rings. The van der Waals surface area contributed by atoms with Gasteiger partial charge >= 0.3 is 11.3 Å². The molecule has 0 spiro atoms. The van der Waals surface area contributed by atoms with Crippen LogP contribution in [0.5, 0.6) is 0 Å². The molecule has 0 atom stereocenters. The molecule has 0 radical (unpaired) electrons. The molecule has 0 aliphatic heterocycles. The van der Waals surface area contributed by atoms with Crippen molar-refractivity contribution in [1.29, 1.82) is 0 Å². The summed E-state index contributed by atoms with van der Waals surface area (Å²) >= 11 is 4.68. The fourth-order valence-electron chi connectivity index (χ4n) is 4.50. The third-order valence-electron chi connectivity index (χ3n) is 6.50. The summed E-state index contributed by atoms with van der Waals surface area (Å²) in [4.78, 5) is 30.1. The quantitative estimate of drug-likeness (QED) is 0.118. The molecule has 3 aromatic carbocycles. The first-order valence-corrected chi connectivity index (χ1v) is 14.4. The van der Waals surface area contributed by atoms with E-state index in [1.807, 2.05) is 60.7 Å². The van der Waals surface area contributed by atoms with Gasteiger partial charge in [-0.25, -0.2) is 19.3 Å². The van der Waals surface area contributed by atoms with Crippen LogP contribution < -0.4 is 16.7 Å². The zero-order chi connectivity index (χ0) is 28.6. The Labute approximate surface area is 249 Å². The van der Waals surface area contributed by atoms with E-state index in [0.29, 0.717) is 44.4 Å². The van der Waals surface area contributed by atoms with Crippen LogP contribution in [0.3, 0.4) is 0 Å². The molecule has 7 rings (SSSR count). The summed E-state index contributed by atoms with van der Waals surface area (Å²) in [6.45, 7) is 0. The number of anilines is 1. The fourth-order valence-corrected chi connectivity index (χ4v) is 5.50. The van der Waals surface area contributed by atoms with Crippen LogP contribution in [-0.2, 0) is 0 Å². The summed E-state index contributed by atoms with van der Waals surface area (Å²) in [5.41, 5.74) is 5.91. The first-order chi connectivity index (χ1) is 20.5. The third kappa shape index (κ3) is 4.95. The average Bonchev–Trinajstić information content (AvgIpc) is 3.64. The first-order valence-electron chi connectivity index (χ1n) is 12.7. The van der Waals surface area contributed by atoms with Crippen molar-refractivity contribution in [2.45, 2.75) is 0 Å². The SMILES string of the molecule is O=c1oc2cc(Br)ccc2cc1-c1csc(N/N=C/c2cn(-c3ccccc3)nc2-c2cc3ccccc3oc2=O)n1. The van der Waals surface area contributed by atoms with E-state index >= 15 is 0 Å². The maximum atomic E-state index is 13.0. The number of para-hydroxylation sites is 2. The highest BCUT2D eigenvalue weighted by molar-refractivity contribution is 9.10. The molecule has 4 aromatic heterocycles. The largest absolute Gasteiger partial charge is 0.422 e. The smallest absolute Gasteiger partial charge is 0.345 e. The number of thiazole rings is 1. The van der Waals surface area contributed by atoms with Crippen LogP contribution in [0.1, 0.15) is 5.56 Å². The van der Waals surface area contributed by atoms with Crippen LogP contribution >= 0.6 is 27.3 Å². The van der Waals surface area contributed by atoms with Crippen molar-refractivity contribution in [3.8, 4) is 28.2 Å². The second-order valence-electron chi connectivity index (χ2n) is 9.24. The highest BCUT2D eigenvalue weighted by Gasteiger charge is 2.17. The minimum atomic E-state index is -0.499. The monoisotopic (exact) mass is 635 g/mol. The van der Waals surface area contributed by atoms with E-state index in [1.54, 1.807) is 46.7 Å². The molecule has 0 aliphatic carbocycles. The number of fused-ring (bicyclic) bond motifs is 2. The summed E-state index contributed by atoms with van der Waals surface area (Å²) in [6, 6.07) is 25.9. The molecule has 204 valence electrons. The lowest BCUT2D eigenvalue weighted by Gasteiger charge is -2.01. The number of hydrogen-bond donors (Lipinski definition) is 1. The number of hydrogen-bond acceptors (Lipinski definition) is 9. The Hall–Kier alpha value is -5.13. The number of nitrogens with one attached hydrogen (secondary N) is 1. The van der Waals surface area contributed by atoms with Gasteiger partial charge in [0.05, 0.1) is 28.7 Å². The van der Waals surface area contributed by atoms with Crippen LogP contribution in [0.2, 0.25) is 0 Å². The molecule has 0 bridgehead atoms. The summed E-state index contributed by atoms with van der Waals surface area (Å²) in [5, 5.41) is 12.9. The molecule has 7 aromatic rings. The third-order valence-corrected chi connectivity index (χ3v) is 7.74. The second kappa shape index (κ2) is 10.7. The van der Waals surface area contributed by atoms with Crippen LogP contribution in [0.25, 0.3) is 50.1 Å². The van der Waals surface area contributed by atoms with Crippen molar-refractivity contribution in [2.75, 3.05) is 5.43 Å². The van der Waals surface area contributed by atoms with Gasteiger partial charge in [-0.05, 0) is 42.5 Å². The minimum Gasteiger partial charge on any atom is -0.422 e. The number of aromatic nitrogens is 3. The van der Waals surface area contributed by atoms with Crippen LogP contribution in [0.15, 0.2) is 125 Å². The Bertz CT molecular complexity index is 2250. The Balaban J connectivity index is 1.21. The van der Waals surface area contributed by atoms with Gasteiger partial charge in [0, 0.05) is 32.4 Å². The first kappa shape index (κ1) is 25.8. The fraction of sp³-hybridized carbons (Fsp3) is 0. The van der Waals surface area contributed by atoms with E-state index in [4.69, 9.17) is 13.9 Å². The highest BCUT2D eigenvalue weighted by Crippen LogP contribution is 2.27.